The summed E-state index contributed by atoms with van der Waals surface area (Å²) in [5.74, 6) is -0.205. The number of benzene rings is 1. The van der Waals surface area contributed by atoms with Crippen molar-refractivity contribution in [2.45, 2.75) is 0 Å². The number of nitrogens with zero attached hydrogens (tertiary/aromatic N) is 2. The normalized spacial score (nSPS) is 14.7. The summed E-state index contributed by atoms with van der Waals surface area (Å²) in [5, 5.41) is 3.36. The number of halogens is 1. The summed E-state index contributed by atoms with van der Waals surface area (Å²) < 4.78 is 5.35. The average molecular weight is 318 g/mol. The second-order valence-corrected chi connectivity index (χ2v) is 5.36. The van der Waals surface area contributed by atoms with Crippen LogP contribution in [0.15, 0.2) is 42.7 Å². The molecule has 2 aromatic rings. The maximum atomic E-state index is 12.2. The minimum atomic E-state index is -0.205. The second-order valence-electron chi connectivity index (χ2n) is 4.95. The van der Waals surface area contributed by atoms with E-state index >= 15 is 0 Å². The number of carbonyl (C=O) groups is 1. The molecular formula is C16H16ClN3O2. The Morgan fingerprint density at radius 1 is 1.18 bits per heavy atom. The predicted molar refractivity (Wildman–Crippen MR) is 86.7 cm³/mol. The van der Waals surface area contributed by atoms with Gasteiger partial charge in [0.05, 0.1) is 23.9 Å². The Morgan fingerprint density at radius 3 is 2.64 bits per heavy atom. The molecule has 1 fully saturated rings. The van der Waals surface area contributed by atoms with Crippen molar-refractivity contribution in [3.63, 3.8) is 0 Å². The first-order valence-electron chi connectivity index (χ1n) is 7.07. The smallest absolute Gasteiger partial charge is 0.255 e. The zero-order valence-electron chi connectivity index (χ0n) is 12.0. The molecule has 6 heteroatoms. The number of amides is 1. The highest BCUT2D eigenvalue weighted by molar-refractivity contribution is 6.34. The SMILES string of the molecule is O=C(Nc1cc(N2CCOCC2)ccc1Cl)c1ccncc1. The van der Waals surface area contributed by atoms with Gasteiger partial charge in [-0.1, -0.05) is 11.6 Å². The molecule has 1 aliphatic rings. The standard InChI is InChI=1S/C16H16ClN3O2/c17-14-2-1-13(20-7-9-22-10-8-20)11-15(14)19-16(21)12-3-5-18-6-4-12/h1-6,11H,7-10H2,(H,19,21). The van der Waals surface area contributed by atoms with E-state index in [0.29, 0.717) is 29.5 Å². The predicted octanol–water partition coefficient (Wildman–Crippen LogP) is 2.82. The highest BCUT2D eigenvalue weighted by Gasteiger charge is 2.14. The third-order valence-corrected chi connectivity index (χ3v) is 3.85. The number of nitrogens with one attached hydrogen (secondary N) is 1. The maximum absolute atomic E-state index is 12.2. The van der Waals surface area contributed by atoms with Gasteiger partial charge in [-0.2, -0.15) is 0 Å². The van der Waals surface area contributed by atoms with Crippen LogP contribution in [0.2, 0.25) is 5.02 Å². The molecule has 0 radical (unpaired) electrons. The van der Waals surface area contributed by atoms with Gasteiger partial charge >= 0.3 is 0 Å². The highest BCUT2D eigenvalue weighted by atomic mass is 35.5. The lowest BCUT2D eigenvalue weighted by Crippen LogP contribution is -2.36. The molecule has 22 heavy (non-hydrogen) atoms. The third kappa shape index (κ3) is 3.37. The van der Waals surface area contributed by atoms with E-state index in [1.54, 1.807) is 30.6 Å². The summed E-state index contributed by atoms with van der Waals surface area (Å²) >= 11 is 6.20. The minimum Gasteiger partial charge on any atom is -0.378 e. The summed E-state index contributed by atoms with van der Waals surface area (Å²) in [6, 6.07) is 8.97. The van der Waals surface area contributed by atoms with E-state index in [1.165, 1.54) is 0 Å². The molecule has 1 aromatic heterocycles. The fourth-order valence-electron chi connectivity index (χ4n) is 2.33. The van der Waals surface area contributed by atoms with Crippen LogP contribution in [0.5, 0.6) is 0 Å². The molecule has 5 nitrogen and oxygen atoms in total. The van der Waals surface area contributed by atoms with Crippen LogP contribution in [0.3, 0.4) is 0 Å². The van der Waals surface area contributed by atoms with E-state index in [4.69, 9.17) is 16.3 Å². The van der Waals surface area contributed by atoms with Gasteiger partial charge in [-0.3, -0.25) is 9.78 Å². The maximum Gasteiger partial charge on any atom is 0.255 e. The van der Waals surface area contributed by atoms with Crippen LogP contribution in [0.1, 0.15) is 10.4 Å². The number of pyridine rings is 1. The molecule has 3 rings (SSSR count). The number of aromatic nitrogens is 1. The summed E-state index contributed by atoms with van der Waals surface area (Å²) in [5.41, 5.74) is 2.17. The van der Waals surface area contributed by atoms with Crippen LogP contribution in [0.4, 0.5) is 11.4 Å². The molecule has 114 valence electrons. The Labute approximate surface area is 133 Å². The monoisotopic (exact) mass is 317 g/mol. The van der Waals surface area contributed by atoms with Crippen LogP contribution in [-0.2, 0) is 4.74 Å². The highest BCUT2D eigenvalue weighted by Crippen LogP contribution is 2.28. The first kappa shape index (κ1) is 14.8. The van der Waals surface area contributed by atoms with Crippen LogP contribution >= 0.6 is 11.6 Å². The van der Waals surface area contributed by atoms with Crippen molar-refractivity contribution in [1.29, 1.82) is 0 Å². The summed E-state index contributed by atoms with van der Waals surface area (Å²) in [6.45, 7) is 3.08. The van der Waals surface area contributed by atoms with Gasteiger partial charge in [0.2, 0.25) is 0 Å². The first-order valence-corrected chi connectivity index (χ1v) is 7.45. The number of ether oxygens (including phenoxy) is 1. The number of hydrogen-bond acceptors (Lipinski definition) is 4. The van der Waals surface area contributed by atoms with Gasteiger partial charge in [0.1, 0.15) is 0 Å². The van der Waals surface area contributed by atoms with E-state index in [0.717, 1.165) is 18.8 Å². The summed E-state index contributed by atoms with van der Waals surface area (Å²) in [4.78, 5) is 18.3. The van der Waals surface area contributed by atoms with Gasteiger partial charge in [0, 0.05) is 36.7 Å². The van der Waals surface area contributed by atoms with Gasteiger partial charge in [-0.05, 0) is 30.3 Å². The van der Waals surface area contributed by atoms with Crippen molar-refractivity contribution in [2.24, 2.45) is 0 Å². The van der Waals surface area contributed by atoms with Crippen LogP contribution in [0, 0.1) is 0 Å². The fraction of sp³-hybridized carbons (Fsp3) is 0.250. The zero-order chi connectivity index (χ0) is 15.4. The van der Waals surface area contributed by atoms with Crippen LogP contribution in [0.25, 0.3) is 0 Å². The Morgan fingerprint density at radius 2 is 1.91 bits per heavy atom. The van der Waals surface area contributed by atoms with Crippen LogP contribution < -0.4 is 10.2 Å². The third-order valence-electron chi connectivity index (χ3n) is 3.52. The second kappa shape index (κ2) is 6.77. The molecule has 1 N–H and O–H groups in total. The molecule has 1 saturated heterocycles. The molecule has 1 amide bonds. The van der Waals surface area contributed by atoms with Crippen molar-refractivity contribution >= 4 is 28.9 Å². The molecule has 1 aromatic carbocycles. The van der Waals surface area contributed by atoms with Crippen molar-refractivity contribution in [3.8, 4) is 0 Å². The molecule has 0 unspecified atom stereocenters. The Hall–Kier alpha value is -2.11. The molecule has 2 heterocycles. The molecule has 0 saturated carbocycles. The topological polar surface area (TPSA) is 54.5 Å². The molecule has 0 atom stereocenters. The van der Waals surface area contributed by atoms with Gasteiger partial charge in [-0.25, -0.2) is 0 Å². The number of morpholine rings is 1. The van der Waals surface area contributed by atoms with Crippen molar-refractivity contribution in [1.82, 2.24) is 4.98 Å². The number of anilines is 2. The number of hydrogen-bond donors (Lipinski definition) is 1. The summed E-state index contributed by atoms with van der Waals surface area (Å²) in [6.07, 6.45) is 3.17. The molecule has 0 spiro atoms. The lowest BCUT2D eigenvalue weighted by molar-refractivity contribution is 0.102. The lowest BCUT2D eigenvalue weighted by atomic mass is 10.2. The van der Waals surface area contributed by atoms with E-state index < -0.39 is 0 Å². The molecular weight excluding hydrogens is 302 g/mol. The van der Waals surface area contributed by atoms with Crippen LogP contribution in [-0.4, -0.2) is 37.2 Å². The van der Waals surface area contributed by atoms with Gasteiger partial charge in [0.15, 0.2) is 0 Å². The quantitative estimate of drug-likeness (QED) is 0.946. The number of rotatable bonds is 3. The number of carbonyl (C=O) groups excluding carboxylic acids is 1. The van der Waals surface area contributed by atoms with Gasteiger partial charge in [0.25, 0.3) is 5.91 Å². The Kier molecular flexibility index (Phi) is 4.56. The van der Waals surface area contributed by atoms with Crippen molar-refractivity contribution in [2.75, 3.05) is 36.5 Å². The van der Waals surface area contributed by atoms with Crippen molar-refractivity contribution < 1.29 is 9.53 Å². The van der Waals surface area contributed by atoms with E-state index in [-0.39, 0.29) is 5.91 Å². The fourth-order valence-corrected chi connectivity index (χ4v) is 2.49. The summed E-state index contributed by atoms with van der Waals surface area (Å²) in [7, 11) is 0. The Balaban J connectivity index is 1.79. The molecule has 0 aliphatic carbocycles. The average Bonchev–Trinajstić information content (AvgIpc) is 2.58. The molecule has 0 bridgehead atoms. The first-order chi connectivity index (χ1) is 10.7. The largest absolute Gasteiger partial charge is 0.378 e. The minimum absolute atomic E-state index is 0.205. The van der Waals surface area contributed by atoms with E-state index in [1.807, 2.05) is 12.1 Å². The van der Waals surface area contributed by atoms with Crippen molar-refractivity contribution in [3.05, 3.63) is 53.3 Å². The lowest BCUT2D eigenvalue weighted by Gasteiger charge is -2.29. The van der Waals surface area contributed by atoms with E-state index in [9.17, 15) is 4.79 Å². The van der Waals surface area contributed by atoms with Gasteiger partial charge < -0.3 is 15.0 Å². The molecule has 1 aliphatic heterocycles. The van der Waals surface area contributed by atoms with Gasteiger partial charge in [-0.15, -0.1) is 0 Å². The Bertz CT molecular complexity index is 658. The zero-order valence-corrected chi connectivity index (χ0v) is 12.7. The van der Waals surface area contributed by atoms with E-state index in [2.05, 4.69) is 15.2 Å².